The van der Waals surface area contributed by atoms with Crippen LogP contribution >= 0.6 is 11.6 Å². The second-order valence-electron chi connectivity index (χ2n) is 8.53. The van der Waals surface area contributed by atoms with Gasteiger partial charge in [-0.3, -0.25) is 9.59 Å². The lowest BCUT2D eigenvalue weighted by Gasteiger charge is -2.58. The van der Waals surface area contributed by atoms with Gasteiger partial charge in [-0.1, -0.05) is 0 Å². The van der Waals surface area contributed by atoms with Crippen LogP contribution in [0.15, 0.2) is 24.3 Å². The van der Waals surface area contributed by atoms with Gasteiger partial charge in [0.2, 0.25) is 5.78 Å². The van der Waals surface area contributed by atoms with Gasteiger partial charge in [0.25, 0.3) is 0 Å². The molecule has 4 aliphatic carbocycles. The first kappa shape index (κ1) is 17.8. The standard InChI is InChI=1S/C21H25ClO4/c1-13(18(23)16-3-5-17(25-2)6-4-16)26-19(24)20-8-14-7-15(9-20)11-21(22,10-14)12-20/h3-6,13-15H,7-12H2,1-2H3/t13-,14-,15+,20?,21?/m1/s1. The number of benzene rings is 1. The molecule has 140 valence electrons. The van der Waals surface area contributed by atoms with Crippen LogP contribution in [-0.2, 0) is 9.53 Å². The Labute approximate surface area is 159 Å². The lowest BCUT2D eigenvalue weighted by molar-refractivity contribution is -0.172. The van der Waals surface area contributed by atoms with Crippen molar-refractivity contribution in [1.29, 1.82) is 0 Å². The normalized spacial score (nSPS) is 35.8. The fourth-order valence-corrected chi connectivity index (χ4v) is 6.41. The van der Waals surface area contributed by atoms with Crippen LogP contribution in [0, 0.1) is 17.3 Å². The van der Waals surface area contributed by atoms with Gasteiger partial charge in [0.1, 0.15) is 5.75 Å². The Balaban J connectivity index is 1.46. The number of rotatable bonds is 5. The molecule has 5 atom stereocenters. The number of halogens is 1. The third-order valence-electron chi connectivity index (χ3n) is 6.45. The number of alkyl halides is 1. The zero-order chi connectivity index (χ0) is 18.5. The molecule has 4 bridgehead atoms. The van der Waals surface area contributed by atoms with Gasteiger partial charge in [-0.15, -0.1) is 11.6 Å². The summed E-state index contributed by atoms with van der Waals surface area (Å²) < 4.78 is 10.8. The molecule has 4 aliphatic rings. The zero-order valence-corrected chi connectivity index (χ0v) is 16.1. The van der Waals surface area contributed by atoms with Crippen molar-refractivity contribution in [3.8, 4) is 5.75 Å². The van der Waals surface area contributed by atoms with Crippen molar-refractivity contribution in [1.82, 2.24) is 0 Å². The third-order valence-corrected chi connectivity index (χ3v) is 6.89. The van der Waals surface area contributed by atoms with Crippen LogP contribution in [0.1, 0.15) is 55.8 Å². The molecule has 4 fully saturated rings. The summed E-state index contributed by atoms with van der Waals surface area (Å²) >= 11 is 6.80. The lowest BCUT2D eigenvalue weighted by Crippen LogP contribution is -2.56. The summed E-state index contributed by atoms with van der Waals surface area (Å²) in [7, 11) is 1.58. The molecule has 4 saturated carbocycles. The quantitative estimate of drug-likeness (QED) is 0.434. The first-order valence-corrected chi connectivity index (χ1v) is 9.79. The fraction of sp³-hybridized carbons (Fsp3) is 0.619. The molecule has 0 saturated heterocycles. The average Bonchev–Trinajstić information content (AvgIpc) is 2.59. The highest BCUT2D eigenvalue weighted by Gasteiger charge is 2.61. The van der Waals surface area contributed by atoms with Gasteiger partial charge in [-0.05, 0) is 81.5 Å². The monoisotopic (exact) mass is 376 g/mol. The Hall–Kier alpha value is -1.55. The molecule has 5 rings (SSSR count). The van der Waals surface area contributed by atoms with Gasteiger partial charge in [-0.25, -0.2) is 0 Å². The van der Waals surface area contributed by atoms with E-state index in [2.05, 4.69) is 0 Å². The molecular weight excluding hydrogens is 352 g/mol. The Morgan fingerprint density at radius 2 is 1.73 bits per heavy atom. The van der Waals surface area contributed by atoms with Crippen LogP contribution in [0.5, 0.6) is 5.75 Å². The molecule has 0 N–H and O–H groups in total. The number of hydrogen-bond donors (Lipinski definition) is 0. The van der Waals surface area contributed by atoms with Crippen molar-refractivity contribution in [3.05, 3.63) is 29.8 Å². The van der Waals surface area contributed by atoms with E-state index in [-0.39, 0.29) is 16.6 Å². The van der Waals surface area contributed by atoms with E-state index in [1.807, 2.05) is 0 Å². The van der Waals surface area contributed by atoms with Crippen molar-refractivity contribution < 1.29 is 19.1 Å². The summed E-state index contributed by atoms with van der Waals surface area (Å²) in [5.74, 6) is 1.31. The molecule has 0 radical (unpaired) electrons. The van der Waals surface area contributed by atoms with E-state index < -0.39 is 11.5 Å². The summed E-state index contributed by atoms with van der Waals surface area (Å²) in [6, 6.07) is 6.87. The zero-order valence-electron chi connectivity index (χ0n) is 15.3. The molecule has 0 amide bonds. The van der Waals surface area contributed by atoms with Crippen LogP contribution < -0.4 is 4.74 Å². The van der Waals surface area contributed by atoms with E-state index in [0.717, 1.165) is 25.7 Å². The van der Waals surface area contributed by atoms with Crippen molar-refractivity contribution in [2.75, 3.05) is 7.11 Å². The molecule has 5 heteroatoms. The first-order valence-electron chi connectivity index (χ1n) is 9.41. The van der Waals surface area contributed by atoms with E-state index in [4.69, 9.17) is 21.1 Å². The molecule has 0 aliphatic heterocycles. The molecule has 0 aromatic heterocycles. The molecule has 2 unspecified atom stereocenters. The number of ketones is 1. The average molecular weight is 377 g/mol. The Kier molecular flexibility index (Phi) is 4.30. The summed E-state index contributed by atoms with van der Waals surface area (Å²) in [6.07, 6.45) is 4.83. The number of carbonyl (C=O) groups excluding carboxylic acids is 2. The third kappa shape index (κ3) is 3.02. The maximum atomic E-state index is 13.0. The highest BCUT2D eigenvalue weighted by molar-refractivity contribution is 6.24. The molecule has 4 nitrogen and oxygen atoms in total. The molecule has 1 aromatic rings. The number of esters is 1. The topological polar surface area (TPSA) is 52.6 Å². The molecular formula is C21H25ClO4. The van der Waals surface area contributed by atoms with E-state index in [9.17, 15) is 9.59 Å². The van der Waals surface area contributed by atoms with Crippen LogP contribution in [-0.4, -0.2) is 29.8 Å². The van der Waals surface area contributed by atoms with Crippen LogP contribution in [0.25, 0.3) is 0 Å². The summed E-state index contributed by atoms with van der Waals surface area (Å²) in [4.78, 5) is 25.4. The minimum absolute atomic E-state index is 0.189. The SMILES string of the molecule is COc1ccc(C(=O)[C@@H](C)OC(=O)C23C[C@@H]4C[C@@H](CC(Cl)(C4)C2)C3)cc1. The number of ether oxygens (including phenoxy) is 2. The van der Waals surface area contributed by atoms with Crippen LogP contribution in [0.2, 0.25) is 0 Å². The van der Waals surface area contributed by atoms with E-state index >= 15 is 0 Å². The molecule has 0 spiro atoms. The highest BCUT2D eigenvalue weighted by atomic mass is 35.5. The number of hydrogen-bond acceptors (Lipinski definition) is 4. The van der Waals surface area contributed by atoms with Gasteiger partial charge in [0, 0.05) is 10.4 Å². The van der Waals surface area contributed by atoms with E-state index in [1.165, 1.54) is 6.42 Å². The Bertz CT molecular complexity index is 712. The summed E-state index contributed by atoms with van der Waals surface area (Å²) in [5, 5.41) is 0. The van der Waals surface area contributed by atoms with Crippen molar-refractivity contribution in [2.24, 2.45) is 17.3 Å². The fourth-order valence-electron chi connectivity index (χ4n) is 5.72. The number of methoxy groups -OCH3 is 1. The predicted molar refractivity (Wildman–Crippen MR) is 98.6 cm³/mol. The number of carbonyl (C=O) groups is 2. The van der Waals surface area contributed by atoms with Gasteiger partial charge in [0.15, 0.2) is 6.10 Å². The van der Waals surface area contributed by atoms with Crippen molar-refractivity contribution >= 4 is 23.4 Å². The van der Waals surface area contributed by atoms with Crippen LogP contribution in [0.3, 0.4) is 0 Å². The Morgan fingerprint density at radius 3 is 2.27 bits per heavy atom. The highest BCUT2D eigenvalue weighted by Crippen LogP contribution is 2.64. The Morgan fingerprint density at radius 1 is 1.12 bits per heavy atom. The minimum atomic E-state index is -0.796. The minimum Gasteiger partial charge on any atom is -0.497 e. The number of Topliss-reactive ketones (excluding diaryl/α,β-unsaturated/α-hetero) is 1. The van der Waals surface area contributed by atoms with E-state index in [0.29, 0.717) is 29.6 Å². The first-order chi connectivity index (χ1) is 12.3. The lowest BCUT2D eigenvalue weighted by atomic mass is 9.49. The van der Waals surface area contributed by atoms with Crippen molar-refractivity contribution in [2.45, 2.75) is 56.4 Å². The smallest absolute Gasteiger partial charge is 0.312 e. The summed E-state index contributed by atoms with van der Waals surface area (Å²) in [6.45, 7) is 1.65. The van der Waals surface area contributed by atoms with Gasteiger partial charge in [-0.2, -0.15) is 0 Å². The van der Waals surface area contributed by atoms with Gasteiger partial charge < -0.3 is 9.47 Å². The summed E-state index contributed by atoms with van der Waals surface area (Å²) in [5.41, 5.74) is 0.0331. The largest absolute Gasteiger partial charge is 0.497 e. The van der Waals surface area contributed by atoms with Gasteiger partial charge >= 0.3 is 5.97 Å². The molecule has 26 heavy (non-hydrogen) atoms. The maximum Gasteiger partial charge on any atom is 0.312 e. The predicted octanol–water partition coefficient (Wildman–Crippen LogP) is 4.39. The maximum absolute atomic E-state index is 13.0. The second-order valence-corrected chi connectivity index (χ2v) is 9.33. The van der Waals surface area contributed by atoms with Gasteiger partial charge in [0.05, 0.1) is 12.5 Å². The van der Waals surface area contributed by atoms with Crippen LogP contribution in [0.4, 0.5) is 0 Å². The molecule has 1 aromatic carbocycles. The second kappa shape index (κ2) is 6.26. The molecule has 0 heterocycles. The van der Waals surface area contributed by atoms with E-state index in [1.54, 1.807) is 38.3 Å². The van der Waals surface area contributed by atoms with Crippen molar-refractivity contribution in [3.63, 3.8) is 0 Å².